The molecule has 0 fully saturated rings. The number of nitrogens with zero attached hydrogens (tertiary/aromatic N) is 5. The number of imidazole rings is 1. The highest BCUT2D eigenvalue weighted by atomic mass is 32.1. The van der Waals surface area contributed by atoms with Gasteiger partial charge in [0.25, 0.3) is 11.5 Å². The third-order valence-corrected chi connectivity index (χ3v) is 6.83. The molecule has 4 aromatic heterocycles. The van der Waals surface area contributed by atoms with Crippen LogP contribution < -0.4 is 10.9 Å². The lowest BCUT2D eigenvalue weighted by Gasteiger charge is -2.08. The Kier molecular flexibility index (Phi) is 5.11. The van der Waals surface area contributed by atoms with E-state index in [1.165, 1.54) is 11.3 Å². The zero-order chi connectivity index (χ0) is 21.4. The van der Waals surface area contributed by atoms with Crippen LogP contribution in [-0.4, -0.2) is 30.0 Å². The second-order valence-corrected chi connectivity index (χ2v) is 8.71. The molecule has 0 radical (unpaired) electrons. The topological polar surface area (TPSA) is 94.7 Å². The van der Waals surface area contributed by atoms with Gasteiger partial charge in [-0.1, -0.05) is 12.5 Å². The second kappa shape index (κ2) is 8.07. The van der Waals surface area contributed by atoms with E-state index < -0.39 is 0 Å². The molecule has 0 bridgehead atoms. The largest absolute Gasteiger partial charge is 0.347 e. The van der Waals surface area contributed by atoms with Gasteiger partial charge in [-0.15, -0.1) is 11.3 Å². The number of hydrogen-bond donors (Lipinski definition) is 1. The van der Waals surface area contributed by atoms with Crippen molar-refractivity contribution in [3.05, 3.63) is 69.2 Å². The van der Waals surface area contributed by atoms with Crippen molar-refractivity contribution < 1.29 is 4.79 Å². The van der Waals surface area contributed by atoms with Crippen LogP contribution >= 0.6 is 11.3 Å². The molecule has 158 valence electrons. The van der Waals surface area contributed by atoms with Gasteiger partial charge in [-0.3, -0.25) is 18.7 Å². The fourth-order valence-corrected chi connectivity index (χ4v) is 5.06. The lowest BCUT2D eigenvalue weighted by atomic mass is 10.2. The quantitative estimate of drug-likeness (QED) is 0.533. The van der Waals surface area contributed by atoms with E-state index in [-0.39, 0.29) is 11.5 Å². The van der Waals surface area contributed by atoms with Crippen LogP contribution in [-0.2, 0) is 19.5 Å². The number of fused-ring (bicyclic) bond motifs is 2. The van der Waals surface area contributed by atoms with E-state index in [0.29, 0.717) is 33.7 Å². The van der Waals surface area contributed by atoms with Crippen LogP contribution in [0.1, 0.15) is 45.9 Å². The molecule has 0 unspecified atom stereocenters. The SMILES string of the molecule is Cc1c(C(=O)NCc2ccc(-n3ccnc3)nc2)sc2nc3n(c(=O)c12)CCCCC3. The summed E-state index contributed by atoms with van der Waals surface area (Å²) in [5.41, 5.74) is 1.58. The first-order chi connectivity index (χ1) is 15.1. The number of carbonyl (C=O) groups excluding carboxylic acids is 1. The molecule has 1 aliphatic heterocycles. The molecule has 0 aromatic carbocycles. The molecule has 1 amide bonds. The minimum atomic E-state index is -0.196. The maximum Gasteiger partial charge on any atom is 0.262 e. The summed E-state index contributed by atoms with van der Waals surface area (Å²) in [5.74, 6) is 1.41. The molecule has 0 saturated heterocycles. The van der Waals surface area contributed by atoms with Gasteiger partial charge in [0.15, 0.2) is 0 Å². The van der Waals surface area contributed by atoms with Gasteiger partial charge in [-0.05, 0) is 37.0 Å². The minimum Gasteiger partial charge on any atom is -0.347 e. The Morgan fingerprint density at radius 3 is 2.94 bits per heavy atom. The molecule has 9 heteroatoms. The summed E-state index contributed by atoms with van der Waals surface area (Å²) in [5, 5.41) is 3.52. The lowest BCUT2D eigenvalue weighted by Crippen LogP contribution is -2.25. The maximum absolute atomic E-state index is 13.1. The van der Waals surface area contributed by atoms with E-state index in [1.807, 2.05) is 29.8 Å². The van der Waals surface area contributed by atoms with Gasteiger partial charge in [0.05, 0.1) is 10.3 Å². The van der Waals surface area contributed by atoms with Gasteiger partial charge in [-0.2, -0.15) is 0 Å². The number of thiophene rings is 1. The third-order valence-electron chi connectivity index (χ3n) is 5.65. The van der Waals surface area contributed by atoms with E-state index in [9.17, 15) is 9.59 Å². The van der Waals surface area contributed by atoms with Crippen LogP contribution in [0.3, 0.4) is 0 Å². The highest BCUT2D eigenvalue weighted by Crippen LogP contribution is 2.28. The first-order valence-corrected chi connectivity index (χ1v) is 11.2. The predicted molar refractivity (Wildman–Crippen MR) is 119 cm³/mol. The van der Waals surface area contributed by atoms with Crippen molar-refractivity contribution in [2.45, 2.75) is 45.7 Å². The van der Waals surface area contributed by atoms with E-state index >= 15 is 0 Å². The first-order valence-electron chi connectivity index (χ1n) is 10.4. The molecule has 8 nitrogen and oxygen atoms in total. The lowest BCUT2D eigenvalue weighted by molar-refractivity contribution is 0.0954. The molecular formula is C22H22N6O2S. The average molecular weight is 435 g/mol. The van der Waals surface area contributed by atoms with Crippen LogP contribution in [0.5, 0.6) is 0 Å². The van der Waals surface area contributed by atoms with Crippen molar-refractivity contribution in [1.29, 1.82) is 0 Å². The van der Waals surface area contributed by atoms with Crippen molar-refractivity contribution >= 4 is 27.5 Å². The molecule has 31 heavy (non-hydrogen) atoms. The number of amides is 1. The normalized spacial score (nSPS) is 13.7. The Morgan fingerprint density at radius 2 is 2.16 bits per heavy atom. The fraction of sp³-hybridized carbons (Fsp3) is 0.318. The number of nitrogens with one attached hydrogen (secondary N) is 1. The molecule has 1 N–H and O–H groups in total. The smallest absolute Gasteiger partial charge is 0.262 e. The molecule has 4 aromatic rings. The molecule has 0 aliphatic carbocycles. The number of pyridine rings is 1. The number of carbonyl (C=O) groups is 1. The van der Waals surface area contributed by atoms with Crippen molar-refractivity contribution in [2.24, 2.45) is 0 Å². The Morgan fingerprint density at radius 1 is 1.26 bits per heavy atom. The van der Waals surface area contributed by atoms with E-state index in [2.05, 4.69) is 15.3 Å². The van der Waals surface area contributed by atoms with Crippen LogP contribution in [0.2, 0.25) is 0 Å². The Balaban J connectivity index is 1.37. The summed E-state index contributed by atoms with van der Waals surface area (Å²) in [6.45, 7) is 2.89. The molecule has 0 spiro atoms. The van der Waals surface area contributed by atoms with Crippen LogP contribution in [0.4, 0.5) is 0 Å². The summed E-state index contributed by atoms with van der Waals surface area (Å²) in [7, 11) is 0. The van der Waals surface area contributed by atoms with Gasteiger partial charge in [0.2, 0.25) is 0 Å². The molecule has 5 heterocycles. The molecule has 0 atom stereocenters. The van der Waals surface area contributed by atoms with Gasteiger partial charge in [0.1, 0.15) is 22.8 Å². The number of rotatable bonds is 4. The Labute approximate surface area is 182 Å². The van der Waals surface area contributed by atoms with Crippen LogP contribution in [0.15, 0.2) is 41.8 Å². The van der Waals surface area contributed by atoms with E-state index in [0.717, 1.165) is 42.9 Å². The van der Waals surface area contributed by atoms with E-state index in [4.69, 9.17) is 4.98 Å². The monoisotopic (exact) mass is 434 g/mol. The molecule has 0 saturated carbocycles. The summed E-state index contributed by atoms with van der Waals surface area (Å²) in [6.07, 6.45) is 10.9. The maximum atomic E-state index is 13.1. The predicted octanol–water partition coefficient (Wildman–Crippen LogP) is 3.00. The van der Waals surface area contributed by atoms with E-state index in [1.54, 1.807) is 23.3 Å². The number of aryl methyl sites for hydroxylation is 2. The summed E-state index contributed by atoms with van der Waals surface area (Å²) < 4.78 is 3.61. The zero-order valence-corrected chi connectivity index (χ0v) is 18.0. The van der Waals surface area contributed by atoms with Gasteiger partial charge >= 0.3 is 0 Å². The Hall–Kier alpha value is -3.33. The van der Waals surface area contributed by atoms with Crippen molar-refractivity contribution in [3.63, 3.8) is 0 Å². The minimum absolute atomic E-state index is 0.0195. The number of hydrogen-bond acceptors (Lipinski definition) is 6. The summed E-state index contributed by atoms with van der Waals surface area (Å²) in [6, 6.07) is 3.80. The standard InChI is InChI=1S/C22H22N6O2S/c1-14-18-21(26-17-5-3-2-4-9-28(17)22(18)30)31-19(14)20(29)25-12-15-6-7-16(24-11-15)27-10-8-23-13-27/h6-8,10-11,13H,2-5,9,12H2,1H3,(H,25,29). The highest BCUT2D eigenvalue weighted by Gasteiger charge is 2.22. The van der Waals surface area contributed by atoms with Gasteiger partial charge in [-0.25, -0.2) is 15.0 Å². The molecular weight excluding hydrogens is 412 g/mol. The second-order valence-electron chi connectivity index (χ2n) is 7.71. The van der Waals surface area contributed by atoms with Crippen molar-refractivity contribution in [3.8, 4) is 5.82 Å². The van der Waals surface area contributed by atoms with Crippen molar-refractivity contribution in [2.75, 3.05) is 0 Å². The summed E-state index contributed by atoms with van der Waals surface area (Å²) in [4.78, 5) is 40.3. The molecule has 5 rings (SSSR count). The summed E-state index contributed by atoms with van der Waals surface area (Å²) >= 11 is 1.30. The zero-order valence-electron chi connectivity index (χ0n) is 17.2. The van der Waals surface area contributed by atoms with Crippen molar-refractivity contribution in [1.82, 2.24) is 29.4 Å². The van der Waals surface area contributed by atoms with Crippen LogP contribution in [0.25, 0.3) is 16.0 Å². The highest BCUT2D eigenvalue weighted by molar-refractivity contribution is 7.20. The molecule has 1 aliphatic rings. The third kappa shape index (κ3) is 3.65. The average Bonchev–Trinajstić information content (AvgIpc) is 3.35. The fourth-order valence-electron chi connectivity index (χ4n) is 3.96. The first kappa shape index (κ1) is 19.6. The van der Waals surface area contributed by atoms with Crippen LogP contribution in [0, 0.1) is 6.92 Å². The van der Waals surface area contributed by atoms with Gasteiger partial charge in [0, 0.05) is 38.1 Å². The Bertz CT molecular complexity index is 1300. The van der Waals surface area contributed by atoms with Gasteiger partial charge < -0.3 is 5.32 Å². The number of aromatic nitrogens is 5.